The summed E-state index contributed by atoms with van der Waals surface area (Å²) in [4.78, 5) is 27.4. The summed E-state index contributed by atoms with van der Waals surface area (Å²) in [6.07, 6.45) is 1.49. The molecule has 0 radical (unpaired) electrons. The lowest BCUT2D eigenvalue weighted by Crippen LogP contribution is -2.37. The van der Waals surface area contributed by atoms with Crippen LogP contribution >= 0.6 is 23.2 Å². The Morgan fingerprint density at radius 1 is 1.03 bits per heavy atom. The summed E-state index contributed by atoms with van der Waals surface area (Å²) >= 11 is 12.2. The number of furan rings is 1. The van der Waals surface area contributed by atoms with Crippen LogP contribution in [0.25, 0.3) is 17.4 Å². The van der Waals surface area contributed by atoms with E-state index in [0.717, 1.165) is 0 Å². The molecular weight excluding hydrogens is 449 g/mol. The third-order valence-electron chi connectivity index (χ3n) is 4.48. The van der Waals surface area contributed by atoms with Crippen molar-refractivity contribution in [3.63, 3.8) is 0 Å². The van der Waals surface area contributed by atoms with Crippen LogP contribution in [0.1, 0.15) is 16.1 Å². The average molecular weight is 472 g/mol. The molecule has 2 N–H and O–H groups in total. The first kappa shape index (κ1) is 23.6. The molecule has 3 rings (SSSR count). The lowest BCUT2D eigenvalue weighted by Gasteiger charge is -2.13. The van der Waals surface area contributed by atoms with Crippen molar-refractivity contribution < 1.29 is 14.0 Å². The number of hydrogen-bond donors (Lipinski definition) is 2. The summed E-state index contributed by atoms with van der Waals surface area (Å²) in [7, 11) is 3.82. The van der Waals surface area contributed by atoms with Crippen molar-refractivity contribution in [2.75, 3.05) is 27.2 Å². The van der Waals surface area contributed by atoms with Crippen LogP contribution in [0, 0.1) is 0 Å². The average Bonchev–Trinajstić information content (AvgIpc) is 3.21. The molecule has 0 fully saturated rings. The predicted octanol–water partition coefficient (Wildman–Crippen LogP) is 4.70. The summed E-state index contributed by atoms with van der Waals surface area (Å²) in [5.41, 5.74) is 1.18. The highest BCUT2D eigenvalue weighted by molar-refractivity contribution is 6.36. The monoisotopic (exact) mass is 471 g/mol. The molecule has 1 aromatic heterocycles. The SMILES string of the molecule is CN(C)CCNC(=O)C(=Cc1ccc(-c2ccc(Cl)cc2Cl)o1)NC(=O)c1ccccc1. The molecule has 166 valence electrons. The van der Waals surface area contributed by atoms with E-state index in [9.17, 15) is 9.59 Å². The highest BCUT2D eigenvalue weighted by Crippen LogP contribution is 2.31. The van der Waals surface area contributed by atoms with Crippen molar-refractivity contribution in [1.82, 2.24) is 15.5 Å². The van der Waals surface area contributed by atoms with Gasteiger partial charge in [0.05, 0.1) is 5.02 Å². The number of nitrogens with zero attached hydrogens (tertiary/aromatic N) is 1. The maximum Gasteiger partial charge on any atom is 0.267 e. The van der Waals surface area contributed by atoms with Gasteiger partial charge in [-0.3, -0.25) is 9.59 Å². The van der Waals surface area contributed by atoms with Crippen molar-refractivity contribution in [2.24, 2.45) is 0 Å². The van der Waals surface area contributed by atoms with E-state index >= 15 is 0 Å². The van der Waals surface area contributed by atoms with Gasteiger partial charge in [0, 0.05) is 35.3 Å². The minimum atomic E-state index is -0.418. The van der Waals surface area contributed by atoms with Crippen LogP contribution in [0.5, 0.6) is 0 Å². The maximum atomic E-state index is 12.8. The molecule has 0 bridgehead atoms. The third kappa shape index (κ3) is 6.47. The van der Waals surface area contributed by atoms with Crippen molar-refractivity contribution in [1.29, 1.82) is 0 Å². The molecule has 2 aromatic carbocycles. The first-order valence-electron chi connectivity index (χ1n) is 9.90. The van der Waals surface area contributed by atoms with E-state index in [0.29, 0.717) is 45.8 Å². The molecule has 0 spiro atoms. The molecule has 0 aliphatic rings. The molecule has 0 aliphatic heterocycles. The number of hydrogen-bond acceptors (Lipinski definition) is 4. The van der Waals surface area contributed by atoms with Crippen LogP contribution in [0.3, 0.4) is 0 Å². The predicted molar refractivity (Wildman–Crippen MR) is 128 cm³/mol. The lowest BCUT2D eigenvalue weighted by atomic mass is 10.2. The summed E-state index contributed by atoms with van der Waals surface area (Å²) < 4.78 is 5.86. The Balaban J connectivity index is 1.85. The maximum absolute atomic E-state index is 12.8. The molecule has 3 aromatic rings. The van der Waals surface area contributed by atoms with E-state index in [1.165, 1.54) is 6.08 Å². The first-order chi connectivity index (χ1) is 15.3. The molecule has 6 nitrogen and oxygen atoms in total. The van der Waals surface area contributed by atoms with Crippen molar-refractivity contribution >= 4 is 41.1 Å². The zero-order valence-electron chi connectivity index (χ0n) is 17.7. The molecule has 0 saturated heterocycles. The minimum absolute atomic E-state index is 0.0701. The van der Waals surface area contributed by atoms with Gasteiger partial charge < -0.3 is 20.0 Å². The van der Waals surface area contributed by atoms with Crippen molar-refractivity contribution in [3.05, 3.63) is 87.7 Å². The summed E-state index contributed by atoms with van der Waals surface area (Å²) in [5.74, 6) is 0.0857. The van der Waals surface area contributed by atoms with Gasteiger partial charge in [-0.15, -0.1) is 0 Å². The van der Waals surface area contributed by atoms with Gasteiger partial charge in [-0.1, -0.05) is 41.4 Å². The molecule has 2 amide bonds. The number of amides is 2. The van der Waals surface area contributed by atoms with E-state index in [2.05, 4.69) is 10.6 Å². The zero-order chi connectivity index (χ0) is 23.1. The fourth-order valence-electron chi connectivity index (χ4n) is 2.84. The first-order valence-corrected chi connectivity index (χ1v) is 10.7. The number of nitrogens with one attached hydrogen (secondary N) is 2. The van der Waals surface area contributed by atoms with Gasteiger partial charge in [0.15, 0.2) is 0 Å². The Bertz CT molecular complexity index is 1120. The molecule has 0 saturated carbocycles. The van der Waals surface area contributed by atoms with Gasteiger partial charge in [0.2, 0.25) is 0 Å². The number of likely N-dealkylation sites (N-methyl/N-ethyl adjacent to an activating group) is 1. The third-order valence-corrected chi connectivity index (χ3v) is 5.03. The summed E-state index contributed by atoms with van der Waals surface area (Å²) in [5, 5.41) is 6.45. The minimum Gasteiger partial charge on any atom is -0.457 e. The van der Waals surface area contributed by atoms with E-state index in [1.54, 1.807) is 54.6 Å². The van der Waals surface area contributed by atoms with Gasteiger partial charge in [0.25, 0.3) is 11.8 Å². The Morgan fingerprint density at radius 2 is 1.78 bits per heavy atom. The number of halogens is 2. The van der Waals surface area contributed by atoms with E-state index in [-0.39, 0.29) is 5.70 Å². The van der Waals surface area contributed by atoms with Crippen LogP contribution < -0.4 is 10.6 Å². The van der Waals surface area contributed by atoms with Crippen LogP contribution in [-0.4, -0.2) is 43.9 Å². The Labute approximate surface area is 196 Å². The number of carbonyl (C=O) groups is 2. The van der Waals surface area contributed by atoms with Crippen LogP contribution in [-0.2, 0) is 4.79 Å². The fraction of sp³-hybridized carbons (Fsp3) is 0.167. The second kappa shape index (κ2) is 11.0. The second-order valence-electron chi connectivity index (χ2n) is 7.26. The molecular formula is C24H23Cl2N3O3. The molecule has 32 heavy (non-hydrogen) atoms. The topological polar surface area (TPSA) is 74.6 Å². The Morgan fingerprint density at radius 3 is 2.47 bits per heavy atom. The zero-order valence-corrected chi connectivity index (χ0v) is 19.2. The molecule has 0 unspecified atom stereocenters. The van der Waals surface area contributed by atoms with Crippen LogP contribution in [0.15, 0.2) is 70.8 Å². The van der Waals surface area contributed by atoms with Gasteiger partial charge in [0.1, 0.15) is 17.2 Å². The molecule has 0 atom stereocenters. The van der Waals surface area contributed by atoms with Gasteiger partial charge in [-0.05, 0) is 56.6 Å². The van der Waals surface area contributed by atoms with Crippen molar-refractivity contribution in [3.8, 4) is 11.3 Å². The van der Waals surface area contributed by atoms with Crippen molar-refractivity contribution in [2.45, 2.75) is 0 Å². The molecule has 1 heterocycles. The largest absolute Gasteiger partial charge is 0.457 e. The Kier molecular flexibility index (Phi) is 8.11. The van der Waals surface area contributed by atoms with E-state index in [4.69, 9.17) is 27.6 Å². The molecule has 0 aliphatic carbocycles. The normalized spacial score (nSPS) is 11.5. The van der Waals surface area contributed by atoms with Gasteiger partial charge in [-0.2, -0.15) is 0 Å². The highest BCUT2D eigenvalue weighted by Gasteiger charge is 2.16. The van der Waals surface area contributed by atoms with Gasteiger partial charge >= 0.3 is 0 Å². The van der Waals surface area contributed by atoms with Crippen LogP contribution in [0.4, 0.5) is 0 Å². The fourth-order valence-corrected chi connectivity index (χ4v) is 3.34. The number of rotatable bonds is 8. The smallest absolute Gasteiger partial charge is 0.267 e. The van der Waals surface area contributed by atoms with E-state index in [1.807, 2.05) is 25.1 Å². The lowest BCUT2D eigenvalue weighted by molar-refractivity contribution is -0.117. The second-order valence-corrected chi connectivity index (χ2v) is 8.11. The molecule has 8 heteroatoms. The van der Waals surface area contributed by atoms with E-state index < -0.39 is 11.8 Å². The number of benzene rings is 2. The quantitative estimate of drug-likeness (QED) is 0.466. The summed E-state index contributed by atoms with van der Waals surface area (Å²) in [6, 6.07) is 17.2. The number of carbonyl (C=O) groups excluding carboxylic acids is 2. The summed E-state index contributed by atoms with van der Waals surface area (Å²) in [6.45, 7) is 1.08. The standard InChI is InChI=1S/C24H23Cl2N3O3/c1-29(2)13-12-27-24(31)21(28-23(30)16-6-4-3-5-7-16)15-18-9-11-22(32-18)19-10-8-17(25)14-20(19)26/h3-11,14-15H,12-13H2,1-2H3,(H,27,31)(H,28,30). The highest BCUT2D eigenvalue weighted by atomic mass is 35.5. The van der Waals surface area contributed by atoms with Crippen LogP contribution in [0.2, 0.25) is 10.0 Å². The Hall–Kier alpha value is -3.06. The van der Waals surface area contributed by atoms with Gasteiger partial charge in [-0.25, -0.2) is 0 Å².